The molecule has 2 aliphatic rings. The van der Waals surface area contributed by atoms with E-state index in [-0.39, 0.29) is 11.9 Å². The lowest BCUT2D eigenvalue weighted by molar-refractivity contribution is -0.137. The Balaban J connectivity index is 1.42. The summed E-state index contributed by atoms with van der Waals surface area (Å²) < 4.78 is 2.23. The van der Waals surface area contributed by atoms with Gasteiger partial charge in [-0.1, -0.05) is 60.7 Å². The van der Waals surface area contributed by atoms with E-state index in [2.05, 4.69) is 35.8 Å². The minimum absolute atomic E-state index is 0.00435. The summed E-state index contributed by atoms with van der Waals surface area (Å²) in [5.41, 5.74) is 11.3. The summed E-state index contributed by atoms with van der Waals surface area (Å²) in [7, 11) is 0. The number of hydrogen-bond acceptors (Lipinski definition) is 3. The topological polar surface area (TPSA) is 64.2 Å². The number of carbonyl (C=O) groups is 1. The quantitative estimate of drug-likeness (QED) is 0.433. The van der Waals surface area contributed by atoms with Gasteiger partial charge < -0.3 is 15.2 Å². The Kier molecular flexibility index (Phi) is 6.69. The highest BCUT2D eigenvalue weighted by atomic mass is 35.5. The van der Waals surface area contributed by atoms with Gasteiger partial charge in [0.25, 0.3) is 0 Å². The second kappa shape index (κ2) is 9.61. The van der Waals surface area contributed by atoms with Crippen LogP contribution in [0.2, 0.25) is 10.0 Å². The predicted molar refractivity (Wildman–Crippen MR) is 144 cm³/mol. The molecule has 0 spiro atoms. The minimum atomic E-state index is -0.675. The largest absolute Gasteiger partial charge is 0.337 e. The van der Waals surface area contributed by atoms with Crippen molar-refractivity contribution in [2.45, 2.75) is 64.0 Å². The van der Waals surface area contributed by atoms with Crippen LogP contribution >= 0.6 is 23.2 Å². The monoisotopic (exact) mass is 510 g/mol. The van der Waals surface area contributed by atoms with Crippen molar-refractivity contribution < 1.29 is 4.79 Å². The number of halogens is 2. The van der Waals surface area contributed by atoms with Gasteiger partial charge in [-0.25, -0.2) is 4.98 Å². The van der Waals surface area contributed by atoms with E-state index in [1.54, 1.807) is 6.07 Å². The molecule has 184 valence electrons. The van der Waals surface area contributed by atoms with Gasteiger partial charge in [-0.2, -0.15) is 0 Å². The Bertz CT molecular complexity index is 1310. The van der Waals surface area contributed by atoms with Crippen molar-refractivity contribution in [2.24, 2.45) is 5.73 Å². The molecule has 2 N–H and O–H groups in total. The second-order valence-electron chi connectivity index (χ2n) is 10.0. The number of imidazole rings is 1. The summed E-state index contributed by atoms with van der Waals surface area (Å²) >= 11 is 12.7. The standard InChI is InChI=1S/C28H32Cl2N4O/c1-18(23-8-7-22(29)17-24(23)30)34-19(2)32-25-9-6-21(16-26(25)34)20-10-14-33(15-11-20)27(35)28(31)12-4-3-5-13-28/h6-10,16-18H,3-5,11-15,31H2,1-2H3. The number of hydrogen-bond donors (Lipinski definition) is 1. The molecular weight excluding hydrogens is 479 g/mol. The Morgan fingerprint density at radius 1 is 1.11 bits per heavy atom. The lowest BCUT2D eigenvalue weighted by Crippen LogP contribution is -2.56. The summed E-state index contributed by atoms with van der Waals surface area (Å²) in [6.07, 6.45) is 7.87. The number of aromatic nitrogens is 2. The van der Waals surface area contributed by atoms with Gasteiger partial charge in [0.05, 0.1) is 22.6 Å². The lowest BCUT2D eigenvalue weighted by atomic mass is 9.81. The molecule has 0 bridgehead atoms. The molecule has 0 radical (unpaired) electrons. The van der Waals surface area contributed by atoms with Gasteiger partial charge in [-0.05, 0) is 74.1 Å². The number of aryl methyl sites for hydroxylation is 1. The van der Waals surface area contributed by atoms with E-state index >= 15 is 0 Å². The zero-order chi connectivity index (χ0) is 24.7. The van der Waals surface area contributed by atoms with Crippen LogP contribution in [-0.4, -0.2) is 39.0 Å². The second-order valence-corrected chi connectivity index (χ2v) is 10.9. The molecule has 7 heteroatoms. The molecule has 1 fully saturated rings. The number of fused-ring (bicyclic) bond motifs is 1. The molecule has 1 aliphatic carbocycles. The van der Waals surface area contributed by atoms with Gasteiger partial charge in [-0.3, -0.25) is 4.79 Å². The van der Waals surface area contributed by atoms with Gasteiger partial charge in [0.15, 0.2) is 0 Å². The van der Waals surface area contributed by atoms with Crippen LogP contribution in [0.3, 0.4) is 0 Å². The zero-order valence-electron chi connectivity index (χ0n) is 20.4. The third kappa shape index (κ3) is 4.62. The van der Waals surface area contributed by atoms with Crippen LogP contribution in [0.15, 0.2) is 42.5 Å². The van der Waals surface area contributed by atoms with Crippen molar-refractivity contribution in [3.63, 3.8) is 0 Å². The maximum absolute atomic E-state index is 13.1. The van der Waals surface area contributed by atoms with Gasteiger partial charge in [-0.15, -0.1) is 0 Å². The smallest absolute Gasteiger partial charge is 0.242 e. The maximum Gasteiger partial charge on any atom is 0.242 e. The summed E-state index contributed by atoms with van der Waals surface area (Å²) in [4.78, 5) is 19.9. The van der Waals surface area contributed by atoms with Crippen LogP contribution in [0.4, 0.5) is 0 Å². The maximum atomic E-state index is 13.1. The zero-order valence-corrected chi connectivity index (χ0v) is 21.9. The van der Waals surface area contributed by atoms with Crippen molar-refractivity contribution in [1.82, 2.24) is 14.5 Å². The van der Waals surface area contributed by atoms with E-state index in [1.165, 1.54) is 17.6 Å². The first-order valence-electron chi connectivity index (χ1n) is 12.5. The van der Waals surface area contributed by atoms with E-state index in [9.17, 15) is 4.79 Å². The molecule has 1 unspecified atom stereocenters. The van der Waals surface area contributed by atoms with Gasteiger partial charge in [0.2, 0.25) is 5.91 Å². The molecule has 1 atom stereocenters. The third-order valence-electron chi connectivity index (χ3n) is 7.70. The van der Waals surface area contributed by atoms with Crippen molar-refractivity contribution in [3.8, 4) is 0 Å². The first-order valence-corrected chi connectivity index (χ1v) is 13.2. The molecule has 35 heavy (non-hydrogen) atoms. The van der Waals surface area contributed by atoms with Crippen LogP contribution in [0.25, 0.3) is 16.6 Å². The molecule has 1 aliphatic heterocycles. The van der Waals surface area contributed by atoms with E-state index in [4.69, 9.17) is 33.9 Å². The minimum Gasteiger partial charge on any atom is -0.337 e. The van der Waals surface area contributed by atoms with E-state index < -0.39 is 5.54 Å². The normalized spacial score (nSPS) is 19.0. The highest BCUT2D eigenvalue weighted by Crippen LogP contribution is 2.34. The average Bonchev–Trinajstić information content (AvgIpc) is 3.18. The lowest BCUT2D eigenvalue weighted by Gasteiger charge is -2.38. The highest BCUT2D eigenvalue weighted by molar-refractivity contribution is 6.35. The fraction of sp³-hybridized carbons (Fsp3) is 0.429. The van der Waals surface area contributed by atoms with Gasteiger partial charge in [0.1, 0.15) is 5.82 Å². The van der Waals surface area contributed by atoms with Crippen molar-refractivity contribution in [2.75, 3.05) is 13.1 Å². The average molecular weight is 511 g/mol. The molecule has 3 aromatic rings. The molecule has 1 saturated carbocycles. The van der Waals surface area contributed by atoms with Gasteiger partial charge in [0, 0.05) is 23.1 Å². The third-order valence-corrected chi connectivity index (χ3v) is 8.27. The van der Waals surface area contributed by atoms with Crippen LogP contribution in [0.5, 0.6) is 0 Å². The van der Waals surface area contributed by atoms with E-state index in [1.807, 2.05) is 24.0 Å². The predicted octanol–water partition coefficient (Wildman–Crippen LogP) is 6.54. The Labute approximate surface area is 216 Å². The summed E-state index contributed by atoms with van der Waals surface area (Å²) in [5, 5.41) is 1.28. The molecule has 5 rings (SSSR count). The summed E-state index contributed by atoms with van der Waals surface area (Å²) in [5.74, 6) is 1.05. The van der Waals surface area contributed by atoms with Crippen molar-refractivity contribution in [1.29, 1.82) is 0 Å². The summed E-state index contributed by atoms with van der Waals surface area (Å²) in [6, 6.07) is 12.1. The number of rotatable bonds is 4. The Morgan fingerprint density at radius 2 is 1.89 bits per heavy atom. The Morgan fingerprint density at radius 3 is 2.57 bits per heavy atom. The number of benzene rings is 2. The van der Waals surface area contributed by atoms with Gasteiger partial charge >= 0.3 is 0 Å². The van der Waals surface area contributed by atoms with Crippen molar-refractivity contribution >= 4 is 45.7 Å². The van der Waals surface area contributed by atoms with Crippen LogP contribution in [0, 0.1) is 6.92 Å². The molecule has 5 nitrogen and oxygen atoms in total. The highest BCUT2D eigenvalue weighted by Gasteiger charge is 2.38. The number of nitrogens with zero attached hydrogens (tertiary/aromatic N) is 3. The van der Waals surface area contributed by atoms with E-state index in [0.717, 1.165) is 54.5 Å². The molecule has 1 amide bonds. The first-order chi connectivity index (χ1) is 16.8. The molecule has 2 aromatic carbocycles. The van der Waals surface area contributed by atoms with Crippen LogP contribution in [-0.2, 0) is 4.79 Å². The summed E-state index contributed by atoms with van der Waals surface area (Å²) in [6.45, 7) is 5.47. The fourth-order valence-electron chi connectivity index (χ4n) is 5.71. The molecule has 1 aromatic heterocycles. The van der Waals surface area contributed by atoms with Crippen LogP contribution < -0.4 is 5.73 Å². The first kappa shape index (κ1) is 24.4. The number of nitrogens with two attached hydrogens (primary N) is 1. The fourth-order valence-corrected chi connectivity index (χ4v) is 6.28. The number of carbonyl (C=O) groups excluding carboxylic acids is 1. The molecular formula is C28H32Cl2N4O. The molecule has 0 saturated heterocycles. The SMILES string of the molecule is Cc1nc2ccc(C3=CCN(C(=O)C4(N)CCCCC4)CC3)cc2n1C(C)c1ccc(Cl)cc1Cl. The van der Waals surface area contributed by atoms with Crippen LogP contribution in [0.1, 0.15) is 68.4 Å². The van der Waals surface area contributed by atoms with Crippen molar-refractivity contribution in [3.05, 3.63) is 69.5 Å². The number of amides is 1. The van der Waals surface area contributed by atoms with E-state index in [0.29, 0.717) is 23.1 Å². The Hall–Kier alpha value is -2.34. The molecule has 2 heterocycles.